The van der Waals surface area contributed by atoms with Crippen LogP contribution in [-0.4, -0.2) is 48.0 Å². The Balaban J connectivity index is 1.58. The number of hydrazone groups is 1. The maximum absolute atomic E-state index is 14.8. The van der Waals surface area contributed by atoms with Gasteiger partial charge in [0.1, 0.15) is 22.9 Å². The van der Waals surface area contributed by atoms with Gasteiger partial charge < -0.3 is 5.43 Å². The van der Waals surface area contributed by atoms with Crippen molar-refractivity contribution in [3.63, 3.8) is 0 Å². The van der Waals surface area contributed by atoms with E-state index in [-0.39, 0.29) is 28.7 Å². The van der Waals surface area contributed by atoms with Crippen LogP contribution in [0.25, 0.3) is 0 Å². The predicted octanol–water partition coefficient (Wildman–Crippen LogP) is 2.57. The van der Waals surface area contributed by atoms with Gasteiger partial charge in [-0.15, -0.1) is 0 Å². The molecule has 1 saturated heterocycles. The third-order valence-corrected chi connectivity index (χ3v) is 7.70. The van der Waals surface area contributed by atoms with Crippen molar-refractivity contribution in [3.05, 3.63) is 35.7 Å². The average Bonchev–Trinajstić information content (AvgIpc) is 3.37. The van der Waals surface area contributed by atoms with Crippen molar-refractivity contribution in [3.8, 4) is 0 Å². The molecular weight excluding hydrogens is 434 g/mol. The molecule has 2 aliphatic rings. The van der Waals surface area contributed by atoms with E-state index in [0.717, 1.165) is 49.5 Å². The van der Waals surface area contributed by atoms with E-state index in [4.69, 9.17) is 0 Å². The molecule has 162 valence electrons. The van der Waals surface area contributed by atoms with Crippen LogP contribution < -0.4 is 10.1 Å². The highest BCUT2D eigenvalue weighted by Gasteiger charge is 2.40. The van der Waals surface area contributed by atoms with E-state index < -0.39 is 26.6 Å². The number of sulfonamides is 1. The van der Waals surface area contributed by atoms with Gasteiger partial charge in [0.2, 0.25) is 5.13 Å². The number of nitrogens with one attached hydrogen (secondary N) is 2. The van der Waals surface area contributed by atoms with Crippen molar-refractivity contribution in [2.24, 2.45) is 10.5 Å². The van der Waals surface area contributed by atoms with Gasteiger partial charge >= 0.3 is 0 Å². The van der Waals surface area contributed by atoms with E-state index in [1.165, 1.54) is 6.33 Å². The van der Waals surface area contributed by atoms with Crippen LogP contribution in [0.15, 0.2) is 28.5 Å². The zero-order valence-corrected chi connectivity index (χ0v) is 17.9. The van der Waals surface area contributed by atoms with E-state index >= 15 is 0 Å². The number of hydrogen-bond donors (Lipinski definition) is 2. The number of anilines is 1. The van der Waals surface area contributed by atoms with E-state index in [1.807, 2.05) is 6.21 Å². The molecule has 12 heteroatoms. The molecule has 1 fully saturated rings. The van der Waals surface area contributed by atoms with Crippen LogP contribution in [0.1, 0.15) is 31.7 Å². The van der Waals surface area contributed by atoms with E-state index in [2.05, 4.69) is 36.4 Å². The molecule has 0 aliphatic carbocycles. The summed E-state index contributed by atoms with van der Waals surface area (Å²) in [5.74, 6) is -1.77. The van der Waals surface area contributed by atoms with Gasteiger partial charge in [0, 0.05) is 47.9 Å². The largest absolute Gasteiger partial charge is 0.309 e. The van der Waals surface area contributed by atoms with Gasteiger partial charge in [-0.3, -0.25) is 9.62 Å². The second-order valence-electron chi connectivity index (χ2n) is 7.81. The molecule has 30 heavy (non-hydrogen) atoms. The predicted molar refractivity (Wildman–Crippen MR) is 110 cm³/mol. The third kappa shape index (κ3) is 4.16. The molecule has 0 bridgehead atoms. The first-order chi connectivity index (χ1) is 14.3. The summed E-state index contributed by atoms with van der Waals surface area (Å²) in [6.45, 7) is 3.75. The molecule has 2 aliphatic heterocycles. The number of halogens is 2. The molecule has 1 unspecified atom stereocenters. The van der Waals surface area contributed by atoms with E-state index in [0.29, 0.717) is 6.54 Å². The van der Waals surface area contributed by atoms with Gasteiger partial charge in [-0.05, 0) is 31.5 Å². The fourth-order valence-electron chi connectivity index (χ4n) is 4.09. The van der Waals surface area contributed by atoms with Gasteiger partial charge in [0.15, 0.2) is 0 Å². The lowest BCUT2D eigenvalue weighted by Crippen LogP contribution is -2.51. The van der Waals surface area contributed by atoms with Crippen molar-refractivity contribution in [2.75, 3.05) is 17.8 Å². The zero-order chi connectivity index (χ0) is 21.4. The van der Waals surface area contributed by atoms with Crippen LogP contribution in [-0.2, 0) is 16.6 Å². The molecule has 1 aromatic carbocycles. The molecule has 8 nitrogen and oxygen atoms in total. The van der Waals surface area contributed by atoms with Crippen LogP contribution in [0.4, 0.5) is 13.9 Å². The van der Waals surface area contributed by atoms with Gasteiger partial charge in [-0.25, -0.2) is 22.2 Å². The highest BCUT2D eigenvalue weighted by Crippen LogP contribution is 2.34. The van der Waals surface area contributed by atoms with Gasteiger partial charge in [0.25, 0.3) is 10.0 Å². The molecule has 0 spiro atoms. The Morgan fingerprint density at radius 2 is 2.17 bits per heavy atom. The Kier molecular flexibility index (Phi) is 5.73. The van der Waals surface area contributed by atoms with Gasteiger partial charge in [-0.1, -0.05) is 13.3 Å². The zero-order valence-electron chi connectivity index (χ0n) is 16.3. The number of rotatable bonds is 6. The smallest absolute Gasteiger partial charge is 0.266 e. The molecule has 4 rings (SSSR count). The van der Waals surface area contributed by atoms with Crippen molar-refractivity contribution in [2.45, 2.75) is 43.7 Å². The molecule has 0 amide bonds. The monoisotopic (exact) mass is 456 g/mol. The summed E-state index contributed by atoms with van der Waals surface area (Å²) in [5, 5.41) is 4.12. The first-order valence-electron chi connectivity index (χ1n) is 9.57. The van der Waals surface area contributed by atoms with Crippen molar-refractivity contribution < 1.29 is 17.2 Å². The average molecular weight is 457 g/mol. The lowest BCUT2D eigenvalue weighted by atomic mass is 9.78. The number of benzene rings is 1. The number of hydrogen-bond acceptors (Lipinski definition) is 8. The number of likely N-dealkylation sites (tertiary alicyclic amines) is 1. The van der Waals surface area contributed by atoms with E-state index in [1.54, 1.807) is 0 Å². The maximum Gasteiger partial charge on any atom is 0.266 e. The normalized spacial score (nSPS) is 24.7. The summed E-state index contributed by atoms with van der Waals surface area (Å²) < 4.78 is 60.2. The first-order valence-corrected chi connectivity index (χ1v) is 11.8. The fraction of sp³-hybridized carbons (Fsp3) is 0.500. The second kappa shape index (κ2) is 8.16. The third-order valence-electron chi connectivity index (χ3n) is 5.63. The Bertz CT molecular complexity index is 1050. The van der Waals surface area contributed by atoms with Gasteiger partial charge in [0.05, 0.1) is 0 Å². The van der Waals surface area contributed by atoms with Crippen LogP contribution in [0.2, 0.25) is 0 Å². The molecular formula is C18H22F2N6O2S2. The molecule has 0 saturated carbocycles. The highest BCUT2D eigenvalue weighted by atomic mass is 32.2. The van der Waals surface area contributed by atoms with Crippen LogP contribution in [0, 0.1) is 17.0 Å². The summed E-state index contributed by atoms with van der Waals surface area (Å²) in [7, 11) is -4.32. The molecule has 2 N–H and O–H groups in total. The Morgan fingerprint density at radius 3 is 2.87 bits per heavy atom. The van der Waals surface area contributed by atoms with Crippen molar-refractivity contribution in [1.29, 1.82) is 0 Å². The molecule has 1 aromatic heterocycles. The van der Waals surface area contributed by atoms with Crippen molar-refractivity contribution in [1.82, 2.24) is 19.7 Å². The van der Waals surface area contributed by atoms with Crippen LogP contribution >= 0.6 is 11.5 Å². The number of aromatic nitrogens is 2. The Morgan fingerprint density at radius 1 is 1.33 bits per heavy atom. The molecule has 3 heterocycles. The minimum absolute atomic E-state index is 0.0184. The number of nitrogens with zero attached hydrogens (tertiary/aromatic N) is 4. The fourth-order valence-corrected chi connectivity index (χ4v) is 5.82. The van der Waals surface area contributed by atoms with Crippen LogP contribution in [0.3, 0.4) is 0 Å². The minimum atomic E-state index is -4.32. The molecule has 0 radical (unpaired) electrons. The Hall–Kier alpha value is -2.18. The minimum Gasteiger partial charge on any atom is -0.309 e. The highest BCUT2D eigenvalue weighted by molar-refractivity contribution is 7.93. The lowest BCUT2D eigenvalue weighted by molar-refractivity contribution is 0.0779. The first kappa shape index (κ1) is 21.1. The summed E-state index contributed by atoms with van der Waals surface area (Å²) in [6.07, 6.45) is 6.03. The summed E-state index contributed by atoms with van der Waals surface area (Å²) in [5.41, 5.74) is 2.92. The van der Waals surface area contributed by atoms with Gasteiger partial charge in [-0.2, -0.15) is 9.47 Å². The molecule has 2 aromatic rings. The second-order valence-corrected chi connectivity index (χ2v) is 10.2. The maximum atomic E-state index is 14.8. The summed E-state index contributed by atoms with van der Waals surface area (Å²) >= 11 is 0.803. The standard InChI is InChI=1S/C18H22F2N6O2S2/c1-18(9-22-23-10-18)16-4-2-3-5-26(16)8-12-6-14(20)15(7-13(12)19)30(27,28)25-17-21-11-24-29-17/h6-7,9,11,16,23H,2-5,8,10H2,1H3,(H,21,24,25)/t16-,18?/m1/s1. The topological polar surface area (TPSA) is 99.6 Å². The SMILES string of the molecule is CC1([C@H]2CCCCN2Cc2cc(F)c(S(=O)(=O)Nc3ncns3)cc2F)C=NNC1. The van der Waals surface area contributed by atoms with Crippen molar-refractivity contribution >= 4 is 32.9 Å². The number of piperidine rings is 1. The summed E-state index contributed by atoms with van der Waals surface area (Å²) in [4.78, 5) is 5.08. The Labute approximate surface area is 177 Å². The quantitative estimate of drug-likeness (QED) is 0.693. The summed E-state index contributed by atoms with van der Waals surface area (Å²) in [6, 6.07) is 1.83. The lowest BCUT2D eigenvalue weighted by Gasteiger charge is -2.43. The van der Waals surface area contributed by atoms with E-state index in [9.17, 15) is 17.2 Å². The molecule has 2 atom stereocenters. The van der Waals surface area contributed by atoms with Crippen LogP contribution in [0.5, 0.6) is 0 Å².